The zero-order valence-corrected chi connectivity index (χ0v) is 23.0. The van der Waals surface area contributed by atoms with E-state index in [1.165, 1.54) is 24.5 Å². The molecule has 1 aromatic carbocycles. The average molecular weight is 573 g/mol. The maximum absolute atomic E-state index is 15.3. The summed E-state index contributed by atoms with van der Waals surface area (Å²) >= 11 is 0. The van der Waals surface area contributed by atoms with E-state index in [2.05, 4.69) is 20.3 Å². The first kappa shape index (κ1) is 27.3. The maximum Gasteiger partial charge on any atom is 0.410 e. The lowest BCUT2D eigenvalue weighted by Crippen LogP contribution is -2.50. The summed E-state index contributed by atoms with van der Waals surface area (Å²) in [6.45, 7) is 6.94. The summed E-state index contributed by atoms with van der Waals surface area (Å²) in [6.07, 6.45) is 3.02. The number of hydrogen-bond acceptors (Lipinski definition) is 9. The van der Waals surface area contributed by atoms with E-state index in [0.717, 1.165) is 12.8 Å². The van der Waals surface area contributed by atoms with Crippen LogP contribution in [0.5, 0.6) is 5.75 Å². The van der Waals surface area contributed by atoms with Crippen LogP contribution in [0.15, 0.2) is 24.5 Å². The second-order valence-electron chi connectivity index (χ2n) is 11.5. The van der Waals surface area contributed by atoms with Crippen molar-refractivity contribution in [3.8, 4) is 5.75 Å². The van der Waals surface area contributed by atoms with Gasteiger partial charge < -0.3 is 29.3 Å². The molecule has 0 spiro atoms. The van der Waals surface area contributed by atoms with Crippen LogP contribution in [0, 0.1) is 17.5 Å². The van der Waals surface area contributed by atoms with E-state index in [4.69, 9.17) is 14.2 Å². The molecule has 10 nitrogen and oxygen atoms in total. The molecule has 3 atom stereocenters. The molecule has 2 bridgehead atoms. The fraction of sp³-hybridized carbons (Fsp3) is 0.500. The first-order valence-electron chi connectivity index (χ1n) is 13.6. The number of nitrogens with zero attached hydrogens (tertiary/aromatic N) is 5. The molecule has 13 heteroatoms. The largest absolute Gasteiger partial charge is 0.488 e. The highest BCUT2D eigenvalue weighted by Crippen LogP contribution is 2.37. The van der Waals surface area contributed by atoms with Crippen LogP contribution in [0.25, 0.3) is 11.0 Å². The third-order valence-corrected chi connectivity index (χ3v) is 7.43. The van der Waals surface area contributed by atoms with Crippen molar-refractivity contribution < 1.29 is 32.2 Å². The van der Waals surface area contributed by atoms with Gasteiger partial charge in [0.2, 0.25) is 5.82 Å². The third kappa shape index (κ3) is 5.42. The highest BCUT2D eigenvalue weighted by Gasteiger charge is 2.47. The van der Waals surface area contributed by atoms with Gasteiger partial charge in [0.1, 0.15) is 24.1 Å². The Morgan fingerprint density at radius 3 is 2.68 bits per heavy atom. The van der Waals surface area contributed by atoms with Crippen LogP contribution < -0.4 is 15.0 Å². The van der Waals surface area contributed by atoms with Crippen LogP contribution in [0.2, 0.25) is 0 Å². The van der Waals surface area contributed by atoms with E-state index in [-0.39, 0.29) is 58.9 Å². The molecule has 218 valence electrons. The number of rotatable bonds is 6. The summed E-state index contributed by atoms with van der Waals surface area (Å²) in [5, 5.41) is 2.78. The van der Waals surface area contributed by atoms with E-state index in [1.54, 1.807) is 4.90 Å². The number of anilines is 3. The molecule has 0 unspecified atom stereocenters. The van der Waals surface area contributed by atoms with E-state index < -0.39 is 29.1 Å². The van der Waals surface area contributed by atoms with Gasteiger partial charge in [-0.2, -0.15) is 4.39 Å². The average Bonchev–Trinajstić information content (AvgIpc) is 3.68. The number of benzene rings is 1. The number of pyridine rings is 1. The Kier molecular flexibility index (Phi) is 7.00. The predicted molar refractivity (Wildman–Crippen MR) is 144 cm³/mol. The van der Waals surface area contributed by atoms with Gasteiger partial charge in [-0.3, -0.25) is 0 Å². The number of halogens is 3. The van der Waals surface area contributed by atoms with Crippen LogP contribution in [0.4, 0.5) is 35.3 Å². The minimum atomic E-state index is -1.15. The molecule has 1 N–H and O–H groups in total. The Morgan fingerprint density at radius 2 is 1.98 bits per heavy atom. The van der Waals surface area contributed by atoms with Gasteiger partial charge in [0.15, 0.2) is 29.0 Å². The Labute approximate surface area is 234 Å². The monoisotopic (exact) mass is 572 g/mol. The predicted octanol–water partition coefficient (Wildman–Crippen LogP) is 4.94. The van der Waals surface area contributed by atoms with Crippen molar-refractivity contribution in [2.24, 2.45) is 0 Å². The maximum atomic E-state index is 15.3. The Bertz CT molecular complexity index is 1480. The first-order chi connectivity index (χ1) is 19.6. The molecule has 0 aliphatic carbocycles. The number of hydrogen-bond donors (Lipinski definition) is 1. The molecule has 0 radical (unpaired) electrons. The van der Waals surface area contributed by atoms with Gasteiger partial charge in [-0.1, -0.05) is 0 Å². The second-order valence-corrected chi connectivity index (χ2v) is 11.5. The SMILES string of the molecule is CC(C)(C)OC(=O)N1C[C@@H]2C[C@H]1CN2c1nc2c(Nc3ccc(OC[C@H]4CCCO4)c(F)c3F)ncnc2cc1F. The number of ether oxygens (including phenoxy) is 3. The minimum Gasteiger partial charge on any atom is -0.488 e. The van der Waals surface area contributed by atoms with Crippen molar-refractivity contribution >= 4 is 34.4 Å². The van der Waals surface area contributed by atoms with Gasteiger partial charge in [0.05, 0.1) is 29.4 Å². The molecule has 0 saturated carbocycles. The van der Waals surface area contributed by atoms with Crippen LogP contribution in [-0.2, 0) is 9.47 Å². The fourth-order valence-electron chi connectivity index (χ4n) is 5.54. The van der Waals surface area contributed by atoms with Crippen LogP contribution in [0.3, 0.4) is 0 Å². The molecular weight excluding hydrogens is 541 g/mol. The Morgan fingerprint density at radius 1 is 1.15 bits per heavy atom. The van der Waals surface area contributed by atoms with Crippen molar-refractivity contribution in [2.45, 2.75) is 63.8 Å². The molecule has 6 rings (SSSR count). The van der Waals surface area contributed by atoms with Gasteiger partial charge in [-0.25, -0.2) is 28.5 Å². The molecule has 41 heavy (non-hydrogen) atoms. The second kappa shape index (κ2) is 10.5. The summed E-state index contributed by atoms with van der Waals surface area (Å²) in [7, 11) is 0. The van der Waals surface area contributed by atoms with Crippen molar-refractivity contribution in [2.75, 3.05) is 36.5 Å². The highest BCUT2D eigenvalue weighted by molar-refractivity contribution is 5.88. The van der Waals surface area contributed by atoms with Gasteiger partial charge in [0.25, 0.3) is 0 Å². The Balaban J connectivity index is 1.22. The molecule has 3 aromatic rings. The summed E-state index contributed by atoms with van der Waals surface area (Å²) in [5.74, 6) is -2.93. The molecule has 3 aliphatic rings. The molecular formula is C28H31F3N6O4. The zero-order valence-electron chi connectivity index (χ0n) is 23.0. The van der Waals surface area contributed by atoms with Crippen molar-refractivity contribution in [3.63, 3.8) is 0 Å². The topological polar surface area (TPSA) is 102 Å². The van der Waals surface area contributed by atoms with E-state index >= 15 is 8.78 Å². The van der Waals surface area contributed by atoms with E-state index in [9.17, 15) is 9.18 Å². The summed E-state index contributed by atoms with van der Waals surface area (Å²) in [6, 6.07) is 3.61. The van der Waals surface area contributed by atoms with Crippen molar-refractivity contribution in [3.05, 3.63) is 42.0 Å². The van der Waals surface area contributed by atoms with E-state index in [1.807, 2.05) is 25.7 Å². The first-order valence-corrected chi connectivity index (χ1v) is 13.6. The van der Waals surface area contributed by atoms with E-state index in [0.29, 0.717) is 26.1 Å². The number of carbonyl (C=O) groups excluding carboxylic acids is 1. The molecule has 3 fully saturated rings. The van der Waals surface area contributed by atoms with Crippen LogP contribution >= 0.6 is 0 Å². The standard InChI is InChI=1S/C28H31F3N6O4/c1-28(2,3)41-27(38)37-12-15-9-16(37)11-36(15)26-18(29)10-20-24(35-26)25(33-14-32-20)34-19-6-7-21(23(31)22(19)30)40-13-17-5-4-8-39-17/h6-7,10,14-17H,4-5,8-9,11-13H2,1-3H3,(H,32,33,34)/t15-,16-,17+/m0/s1. The van der Waals surface area contributed by atoms with Crippen LogP contribution in [-0.4, -0.2) is 76.0 Å². The molecule has 3 saturated heterocycles. The number of piperazine rings is 1. The number of carbonyl (C=O) groups is 1. The van der Waals surface area contributed by atoms with Crippen molar-refractivity contribution in [1.82, 2.24) is 19.9 Å². The van der Waals surface area contributed by atoms with Gasteiger partial charge in [0, 0.05) is 25.8 Å². The molecule has 3 aliphatic heterocycles. The normalized spacial score (nSPS) is 22.0. The van der Waals surface area contributed by atoms with Gasteiger partial charge in [-0.15, -0.1) is 0 Å². The highest BCUT2D eigenvalue weighted by atomic mass is 19.2. The van der Waals surface area contributed by atoms with Gasteiger partial charge in [-0.05, 0) is 52.2 Å². The lowest BCUT2D eigenvalue weighted by Gasteiger charge is -2.35. The smallest absolute Gasteiger partial charge is 0.410 e. The number of fused-ring (bicyclic) bond motifs is 3. The molecule has 5 heterocycles. The number of likely N-dealkylation sites (tertiary alicyclic amines) is 1. The fourth-order valence-corrected chi connectivity index (χ4v) is 5.54. The number of aromatic nitrogens is 3. The number of nitrogens with one attached hydrogen (secondary N) is 1. The summed E-state index contributed by atoms with van der Waals surface area (Å²) in [5.41, 5.74) is -0.420. The lowest BCUT2D eigenvalue weighted by atomic mass is 10.2. The molecule has 1 amide bonds. The lowest BCUT2D eigenvalue weighted by molar-refractivity contribution is 0.0214. The third-order valence-electron chi connectivity index (χ3n) is 7.43. The minimum absolute atomic E-state index is 0.0798. The quantitative estimate of drug-likeness (QED) is 0.440. The zero-order chi connectivity index (χ0) is 28.9. The molecule has 2 aromatic heterocycles. The van der Waals surface area contributed by atoms with Gasteiger partial charge >= 0.3 is 6.09 Å². The Hall–Kier alpha value is -3.87. The van der Waals surface area contributed by atoms with Crippen LogP contribution in [0.1, 0.15) is 40.0 Å². The van der Waals surface area contributed by atoms with Crippen molar-refractivity contribution in [1.29, 1.82) is 0 Å². The summed E-state index contributed by atoms with van der Waals surface area (Å²) in [4.78, 5) is 28.9. The number of amides is 1. The summed E-state index contributed by atoms with van der Waals surface area (Å²) < 4.78 is 61.5.